The standard InChI is InChI=1S/C17H18Cl2N2O2S/c1-24(22,23)14-7-5-13(6-8-14)20-9-11-21(12-10-20)16-4-2-3-15(18)17(16)19/h2-8H,9-12H2,1H3. The average molecular weight is 385 g/mol. The number of anilines is 2. The van der Waals surface area contributed by atoms with Crippen molar-refractivity contribution in [2.24, 2.45) is 0 Å². The third-order valence-corrected chi connectivity index (χ3v) is 6.12. The second-order valence-electron chi connectivity index (χ2n) is 5.81. The molecule has 0 amide bonds. The van der Waals surface area contributed by atoms with Crippen LogP contribution in [-0.4, -0.2) is 40.9 Å². The summed E-state index contributed by atoms with van der Waals surface area (Å²) in [7, 11) is -3.16. The van der Waals surface area contributed by atoms with Crippen LogP contribution in [-0.2, 0) is 9.84 Å². The zero-order valence-electron chi connectivity index (χ0n) is 13.2. The average Bonchev–Trinajstić information content (AvgIpc) is 2.57. The van der Waals surface area contributed by atoms with E-state index in [1.807, 2.05) is 24.3 Å². The predicted molar refractivity (Wildman–Crippen MR) is 100 cm³/mol. The smallest absolute Gasteiger partial charge is 0.175 e. The lowest BCUT2D eigenvalue weighted by atomic mass is 10.2. The molecule has 1 aliphatic rings. The van der Waals surface area contributed by atoms with Crippen molar-refractivity contribution in [2.75, 3.05) is 42.2 Å². The summed E-state index contributed by atoms with van der Waals surface area (Å²) in [4.78, 5) is 4.80. The SMILES string of the molecule is CS(=O)(=O)c1ccc(N2CCN(c3cccc(Cl)c3Cl)CC2)cc1. The molecule has 2 aromatic carbocycles. The highest BCUT2D eigenvalue weighted by molar-refractivity contribution is 7.90. The minimum absolute atomic E-state index is 0.343. The first-order valence-electron chi connectivity index (χ1n) is 7.60. The second-order valence-corrected chi connectivity index (χ2v) is 8.61. The van der Waals surface area contributed by atoms with E-state index in [0.717, 1.165) is 37.6 Å². The van der Waals surface area contributed by atoms with Crippen molar-refractivity contribution in [3.05, 3.63) is 52.5 Å². The highest BCUT2D eigenvalue weighted by atomic mass is 35.5. The van der Waals surface area contributed by atoms with Gasteiger partial charge >= 0.3 is 0 Å². The molecule has 3 rings (SSSR count). The van der Waals surface area contributed by atoms with Crippen LogP contribution in [0.1, 0.15) is 0 Å². The number of piperazine rings is 1. The lowest BCUT2D eigenvalue weighted by Gasteiger charge is -2.37. The molecule has 0 spiro atoms. The van der Waals surface area contributed by atoms with E-state index in [9.17, 15) is 8.42 Å². The first kappa shape index (κ1) is 17.4. The molecule has 0 radical (unpaired) electrons. The van der Waals surface area contributed by atoms with Crippen molar-refractivity contribution in [3.8, 4) is 0 Å². The van der Waals surface area contributed by atoms with Crippen LogP contribution in [0.2, 0.25) is 10.0 Å². The van der Waals surface area contributed by atoms with Crippen molar-refractivity contribution < 1.29 is 8.42 Å². The van der Waals surface area contributed by atoms with E-state index in [4.69, 9.17) is 23.2 Å². The van der Waals surface area contributed by atoms with Gasteiger partial charge in [0, 0.05) is 38.1 Å². The third-order valence-electron chi connectivity index (χ3n) is 4.18. The molecule has 1 heterocycles. The van der Waals surface area contributed by atoms with Crippen LogP contribution in [0.4, 0.5) is 11.4 Å². The van der Waals surface area contributed by atoms with Crippen LogP contribution in [0.15, 0.2) is 47.4 Å². The van der Waals surface area contributed by atoms with Gasteiger partial charge in [0.25, 0.3) is 0 Å². The van der Waals surface area contributed by atoms with E-state index in [1.165, 1.54) is 6.26 Å². The molecule has 1 fully saturated rings. The summed E-state index contributed by atoms with van der Waals surface area (Å²) in [6.07, 6.45) is 1.22. The van der Waals surface area contributed by atoms with Crippen LogP contribution in [0.5, 0.6) is 0 Å². The highest BCUT2D eigenvalue weighted by Gasteiger charge is 2.20. The van der Waals surface area contributed by atoms with E-state index >= 15 is 0 Å². The van der Waals surface area contributed by atoms with E-state index in [2.05, 4.69) is 9.80 Å². The van der Waals surface area contributed by atoms with Gasteiger partial charge < -0.3 is 9.80 Å². The largest absolute Gasteiger partial charge is 0.368 e. The molecule has 2 aromatic rings. The summed E-state index contributed by atoms with van der Waals surface area (Å²) >= 11 is 12.4. The third kappa shape index (κ3) is 3.63. The molecule has 0 atom stereocenters. The summed E-state index contributed by atoms with van der Waals surface area (Å²) in [6, 6.07) is 12.7. The van der Waals surface area contributed by atoms with Crippen LogP contribution in [0, 0.1) is 0 Å². The van der Waals surface area contributed by atoms with Gasteiger partial charge in [-0.2, -0.15) is 0 Å². The van der Waals surface area contributed by atoms with Gasteiger partial charge in [-0.1, -0.05) is 29.3 Å². The maximum Gasteiger partial charge on any atom is 0.175 e. The number of halogens is 2. The number of nitrogens with zero attached hydrogens (tertiary/aromatic N) is 2. The number of benzene rings is 2. The lowest BCUT2D eigenvalue weighted by molar-refractivity contribution is 0.602. The van der Waals surface area contributed by atoms with E-state index in [1.54, 1.807) is 18.2 Å². The minimum Gasteiger partial charge on any atom is -0.368 e. The molecule has 0 unspecified atom stereocenters. The van der Waals surface area contributed by atoms with Crippen molar-refractivity contribution in [3.63, 3.8) is 0 Å². The maximum absolute atomic E-state index is 11.5. The number of hydrogen-bond acceptors (Lipinski definition) is 4. The van der Waals surface area contributed by atoms with Crippen molar-refractivity contribution >= 4 is 44.4 Å². The van der Waals surface area contributed by atoms with Crippen molar-refractivity contribution in [1.82, 2.24) is 0 Å². The fourth-order valence-electron chi connectivity index (χ4n) is 2.85. The van der Waals surface area contributed by atoms with Crippen molar-refractivity contribution in [2.45, 2.75) is 4.90 Å². The first-order valence-corrected chi connectivity index (χ1v) is 10.2. The molecule has 1 saturated heterocycles. The van der Waals surface area contributed by atoms with Gasteiger partial charge in [-0.05, 0) is 36.4 Å². The summed E-state index contributed by atoms with van der Waals surface area (Å²) in [5.41, 5.74) is 1.98. The van der Waals surface area contributed by atoms with Crippen molar-refractivity contribution in [1.29, 1.82) is 0 Å². The van der Waals surface area contributed by atoms with Gasteiger partial charge in [-0.3, -0.25) is 0 Å². The zero-order valence-corrected chi connectivity index (χ0v) is 15.6. The molecule has 1 aliphatic heterocycles. The molecule has 128 valence electrons. The highest BCUT2D eigenvalue weighted by Crippen LogP contribution is 2.33. The van der Waals surface area contributed by atoms with Gasteiger partial charge in [0.05, 0.1) is 20.6 Å². The van der Waals surface area contributed by atoms with Gasteiger partial charge in [0.2, 0.25) is 0 Å². The molecular weight excluding hydrogens is 367 g/mol. The minimum atomic E-state index is -3.16. The molecule has 24 heavy (non-hydrogen) atoms. The van der Waals surface area contributed by atoms with E-state index in [-0.39, 0.29) is 0 Å². The Morgan fingerprint density at radius 3 is 2.04 bits per heavy atom. The zero-order chi connectivity index (χ0) is 17.3. The monoisotopic (exact) mass is 384 g/mol. The van der Waals surface area contributed by atoms with Crippen LogP contribution in [0.3, 0.4) is 0 Å². The Hall–Kier alpha value is -1.43. The molecule has 7 heteroatoms. The normalized spacial score (nSPS) is 15.6. The number of rotatable bonds is 3. The summed E-state index contributed by atoms with van der Waals surface area (Å²) < 4.78 is 23.1. The Morgan fingerprint density at radius 1 is 0.875 bits per heavy atom. The van der Waals surface area contributed by atoms with E-state index < -0.39 is 9.84 Å². The molecule has 0 saturated carbocycles. The topological polar surface area (TPSA) is 40.6 Å². The summed E-state index contributed by atoms with van der Waals surface area (Å²) in [5.74, 6) is 0. The molecule has 0 N–H and O–H groups in total. The molecular formula is C17H18Cl2N2O2S. The number of hydrogen-bond donors (Lipinski definition) is 0. The summed E-state index contributed by atoms with van der Waals surface area (Å²) in [6.45, 7) is 3.32. The van der Waals surface area contributed by atoms with Crippen LogP contribution < -0.4 is 9.80 Å². The molecule has 4 nitrogen and oxygen atoms in total. The molecule has 0 bridgehead atoms. The first-order chi connectivity index (χ1) is 11.4. The van der Waals surface area contributed by atoms with Gasteiger partial charge in [-0.15, -0.1) is 0 Å². The van der Waals surface area contributed by atoms with Crippen LogP contribution in [0.25, 0.3) is 0 Å². The predicted octanol–water partition coefficient (Wildman–Crippen LogP) is 3.72. The number of sulfone groups is 1. The van der Waals surface area contributed by atoms with Crippen LogP contribution >= 0.6 is 23.2 Å². The lowest BCUT2D eigenvalue weighted by Crippen LogP contribution is -2.46. The Balaban J connectivity index is 1.70. The van der Waals surface area contributed by atoms with E-state index in [0.29, 0.717) is 14.9 Å². The fraction of sp³-hybridized carbons (Fsp3) is 0.294. The quantitative estimate of drug-likeness (QED) is 0.808. The van der Waals surface area contributed by atoms with Gasteiger partial charge in [0.1, 0.15) is 0 Å². The fourth-order valence-corrected chi connectivity index (χ4v) is 3.89. The molecule has 0 aromatic heterocycles. The van der Waals surface area contributed by atoms with Gasteiger partial charge in [0.15, 0.2) is 9.84 Å². The second kappa shape index (κ2) is 6.82. The Kier molecular flexibility index (Phi) is 4.95. The maximum atomic E-state index is 11.5. The van der Waals surface area contributed by atoms with Gasteiger partial charge in [-0.25, -0.2) is 8.42 Å². The Bertz CT molecular complexity index is 830. The Labute approximate surface area is 152 Å². The summed E-state index contributed by atoms with van der Waals surface area (Å²) in [5, 5.41) is 1.15. The Morgan fingerprint density at radius 2 is 1.46 bits per heavy atom. The molecule has 0 aliphatic carbocycles.